The Balaban J connectivity index is 2.28. The fourth-order valence-corrected chi connectivity index (χ4v) is 1.87. The molecule has 110 valence electrons. The molecule has 21 heavy (non-hydrogen) atoms. The Morgan fingerprint density at radius 1 is 1.33 bits per heavy atom. The third-order valence-corrected chi connectivity index (χ3v) is 2.86. The van der Waals surface area contributed by atoms with Crippen molar-refractivity contribution in [3.63, 3.8) is 0 Å². The summed E-state index contributed by atoms with van der Waals surface area (Å²) in [6.07, 6.45) is -3.16. The second kappa shape index (κ2) is 5.89. The van der Waals surface area contributed by atoms with Crippen molar-refractivity contribution in [2.45, 2.75) is 12.2 Å². The highest BCUT2D eigenvalue weighted by atomic mass is 19.4. The Morgan fingerprint density at radius 3 is 2.62 bits per heavy atom. The number of nitriles is 1. The molecule has 0 fully saturated rings. The maximum absolute atomic E-state index is 12.7. The number of benzene rings is 1. The lowest BCUT2D eigenvalue weighted by atomic mass is 10.1. The molecule has 2 N–H and O–H groups in total. The standard InChI is InChI=1S/C14H11F3N2O2/c15-14(16,17)11-4-3-10(6-9(11)7-18)19-12(8-20)13-2-1-5-21-13/h1-6,12,19-20H,8H2/t12-/m0/s1. The Hall–Kier alpha value is -2.46. The number of halogens is 3. The van der Waals surface area contributed by atoms with Crippen LogP contribution in [0.1, 0.15) is 22.9 Å². The number of aliphatic hydroxyl groups is 1. The van der Waals surface area contributed by atoms with E-state index >= 15 is 0 Å². The van der Waals surface area contributed by atoms with E-state index in [2.05, 4.69) is 5.32 Å². The maximum atomic E-state index is 12.7. The summed E-state index contributed by atoms with van der Waals surface area (Å²) in [5.41, 5.74) is -1.19. The van der Waals surface area contributed by atoms with Crippen LogP contribution in [0.15, 0.2) is 41.0 Å². The summed E-state index contributed by atoms with van der Waals surface area (Å²) in [5, 5.41) is 21.0. The summed E-state index contributed by atoms with van der Waals surface area (Å²) in [4.78, 5) is 0. The Kier molecular flexibility index (Phi) is 4.19. The van der Waals surface area contributed by atoms with Gasteiger partial charge in [0.1, 0.15) is 11.8 Å². The van der Waals surface area contributed by atoms with Gasteiger partial charge in [-0.25, -0.2) is 0 Å². The van der Waals surface area contributed by atoms with Crippen LogP contribution < -0.4 is 5.32 Å². The van der Waals surface area contributed by atoms with E-state index in [1.54, 1.807) is 12.1 Å². The first kappa shape index (κ1) is 14.9. The maximum Gasteiger partial charge on any atom is 0.417 e. The molecule has 2 rings (SSSR count). The third-order valence-electron chi connectivity index (χ3n) is 2.86. The van der Waals surface area contributed by atoms with Crippen LogP contribution in [-0.2, 0) is 6.18 Å². The summed E-state index contributed by atoms with van der Waals surface area (Å²) in [6.45, 7) is -0.309. The average Bonchev–Trinajstić information content (AvgIpc) is 2.97. The van der Waals surface area contributed by atoms with Crippen LogP contribution in [0.2, 0.25) is 0 Å². The molecule has 1 atom stereocenters. The van der Waals surface area contributed by atoms with Crippen LogP contribution in [0.3, 0.4) is 0 Å². The minimum Gasteiger partial charge on any atom is -0.467 e. The Labute approximate surface area is 118 Å². The van der Waals surface area contributed by atoms with Crippen molar-refractivity contribution < 1.29 is 22.7 Å². The molecule has 0 saturated heterocycles. The molecule has 0 aliphatic heterocycles. The number of hydrogen-bond acceptors (Lipinski definition) is 4. The van der Waals surface area contributed by atoms with Gasteiger partial charge in [-0.15, -0.1) is 0 Å². The van der Waals surface area contributed by atoms with Gasteiger partial charge in [-0.05, 0) is 30.3 Å². The molecule has 1 aromatic carbocycles. The third kappa shape index (κ3) is 3.35. The number of anilines is 1. The number of furan rings is 1. The highest BCUT2D eigenvalue weighted by Crippen LogP contribution is 2.33. The highest BCUT2D eigenvalue weighted by molar-refractivity contribution is 5.54. The van der Waals surface area contributed by atoms with Crippen LogP contribution in [-0.4, -0.2) is 11.7 Å². The molecule has 1 aromatic heterocycles. The first-order valence-corrected chi connectivity index (χ1v) is 5.98. The van der Waals surface area contributed by atoms with Gasteiger partial charge in [0.25, 0.3) is 0 Å². The SMILES string of the molecule is N#Cc1cc(N[C@@H](CO)c2ccco2)ccc1C(F)(F)F. The lowest BCUT2D eigenvalue weighted by molar-refractivity contribution is -0.137. The summed E-state index contributed by atoms with van der Waals surface area (Å²) in [6, 6.07) is 7.30. The van der Waals surface area contributed by atoms with Gasteiger partial charge >= 0.3 is 6.18 Å². The number of aliphatic hydroxyl groups excluding tert-OH is 1. The molecule has 0 amide bonds. The van der Waals surface area contributed by atoms with Crippen molar-refractivity contribution in [3.05, 3.63) is 53.5 Å². The van der Waals surface area contributed by atoms with E-state index < -0.39 is 23.3 Å². The topological polar surface area (TPSA) is 69.2 Å². The molecule has 7 heteroatoms. The smallest absolute Gasteiger partial charge is 0.417 e. The van der Waals surface area contributed by atoms with Gasteiger partial charge < -0.3 is 14.8 Å². The molecular weight excluding hydrogens is 285 g/mol. The minimum absolute atomic E-state index is 0.287. The molecule has 1 heterocycles. The summed E-state index contributed by atoms with van der Waals surface area (Å²) < 4.78 is 43.2. The van der Waals surface area contributed by atoms with Crippen molar-refractivity contribution in [1.82, 2.24) is 0 Å². The van der Waals surface area contributed by atoms with E-state index in [1.165, 1.54) is 18.4 Å². The number of nitrogens with zero attached hydrogens (tertiary/aromatic N) is 1. The molecule has 0 radical (unpaired) electrons. The van der Waals surface area contributed by atoms with E-state index in [9.17, 15) is 18.3 Å². The molecule has 0 spiro atoms. The first-order chi connectivity index (χ1) is 9.95. The van der Waals surface area contributed by atoms with Gasteiger partial charge in [-0.3, -0.25) is 0 Å². The number of alkyl halides is 3. The second-order valence-corrected chi connectivity index (χ2v) is 4.26. The summed E-state index contributed by atoms with van der Waals surface area (Å²) in [5.74, 6) is 0.441. The van der Waals surface area contributed by atoms with Crippen molar-refractivity contribution in [2.75, 3.05) is 11.9 Å². The number of nitrogens with one attached hydrogen (secondary N) is 1. The van der Waals surface area contributed by atoms with Gasteiger partial charge in [0.15, 0.2) is 0 Å². The van der Waals surface area contributed by atoms with Gasteiger partial charge in [0, 0.05) is 5.69 Å². The monoisotopic (exact) mass is 296 g/mol. The van der Waals surface area contributed by atoms with Gasteiger partial charge in [0.05, 0.1) is 30.1 Å². The predicted octanol–water partition coefficient (Wildman–Crippen LogP) is 3.32. The zero-order valence-electron chi connectivity index (χ0n) is 10.7. The molecule has 2 aromatic rings. The van der Waals surface area contributed by atoms with Crippen LogP contribution >= 0.6 is 0 Å². The minimum atomic E-state index is -4.58. The molecule has 0 unspecified atom stereocenters. The van der Waals surface area contributed by atoms with Gasteiger partial charge in [0.2, 0.25) is 0 Å². The van der Waals surface area contributed by atoms with Crippen molar-refractivity contribution >= 4 is 5.69 Å². The van der Waals surface area contributed by atoms with Crippen molar-refractivity contribution in [2.24, 2.45) is 0 Å². The second-order valence-electron chi connectivity index (χ2n) is 4.26. The van der Waals surface area contributed by atoms with Crippen LogP contribution in [0, 0.1) is 11.3 Å². The van der Waals surface area contributed by atoms with Crippen molar-refractivity contribution in [3.8, 4) is 6.07 Å². The molecule has 4 nitrogen and oxygen atoms in total. The molecule has 0 saturated carbocycles. The highest BCUT2D eigenvalue weighted by Gasteiger charge is 2.33. The fraction of sp³-hybridized carbons (Fsp3) is 0.214. The lowest BCUT2D eigenvalue weighted by Crippen LogP contribution is -2.15. The number of rotatable bonds is 4. The zero-order chi connectivity index (χ0) is 15.5. The number of hydrogen-bond donors (Lipinski definition) is 2. The van der Waals surface area contributed by atoms with E-state index in [0.29, 0.717) is 5.76 Å². The molecule has 0 aliphatic rings. The van der Waals surface area contributed by atoms with Crippen LogP contribution in [0.5, 0.6) is 0 Å². The molecule has 0 aliphatic carbocycles. The Morgan fingerprint density at radius 2 is 2.10 bits per heavy atom. The Bertz CT molecular complexity index is 645. The quantitative estimate of drug-likeness (QED) is 0.908. The van der Waals surface area contributed by atoms with E-state index in [1.807, 2.05) is 0 Å². The first-order valence-electron chi connectivity index (χ1n) is 5.98. The largest absolute Gasteiger partial charge is 0.467 e. The molecular formula is C14H11F3N2O2. The predicted molar refractivity (Wildman–Crippen MR) is 68.3 cm³/mol. The lowest BCUT2D eigenvalue weighted by Gasteiger charge is -2.16. The van der Waals surface area contributed by atoms with Gasteiger partial charge in [-0.2, -0.15) is 18.4 Å². The van der Waals surface area contributed by atoms with Gasteiger partial charge in [-0.1, -0.05) is 0 Å². The molecule has 0 bridgehead atoms. The summed E-state index contributed by atoms with van der Waals surface area (Å²) >= 11 is 0. The normalized spacial score (nSPS) is 12.7. The summed E-state index contributed by atoms with van der Waals surface area (Å²) in [7, 11) is 0. The van der Waals surface area contributed by atoms with E-state index in [0.717, 1.165) is 12.1 Å². The van der Waals surface area contributed by atoms with Crippen LogP contribution in [0.25, 0.3) is 0 Å². The fourth-order valence-electron chi connectivity index (χ4n) is 1.87. The zero-order valence-corrected chi connectivity index (χ0v) is 10.7. The van der Waals surface area contributed by atoms with E-state index in [4.69, 9.17) is 9.68 Å². The van der Waals surface area contributed by atoms with E-state index in [-0.39, 0.29) is 12.3 Å². The van der Waals surface area contributed by atoms with Crippen LogP contribution in [0.4, 0.5) is 18.9 Å². The average molecular weight is 296 g/mol. The van der Waals surface area contributed by atoms with Crippen molar-refractivity contribution in [1.29, 1.82) is 5.26 Å².